The van der Waals surface area contributed by atoms with E-state index in [0.29, 0.717) is 6.42 Å². The topological polar surface area (TPSA) is 145 Å². The van der Waals surface area contributed by atoms with Gasteiger partial charge in [0.15, 0.2) is 5.78 Å². The quantitative estimate of drug-likeness (QED) is 0.320. The number of carbonyl (C=O) groups excluding carboxylic acids is 6. The van der Waals surface area contributed by atoms with E-state index in [9.17, 15) is 41.9 Å². The van der Waals surface area contributed by atoms with Gasteiger partial charge in [-0.2, -0.15) is 13.2 Å². The maximum atomic E-state index is 13.9. The van der Waals surface area contributed by atoms with Gasteiger partial charge in [0.25, 0.3) is 0 Å². The normalized spacial score (nSPS) is 19.2. The lowest BCUT2D eigenvalue weighted by atomic mass is 9.85. The fourth-order valence-corrected chi connectivity index (χ4v) is 4.63. The molecular formula is C25H40F3N5O6. The van der Waals surface area contributed by atoms with Gasteiger partial charge >= 0.3 is 6.18 Å². The van der Waals surface area contributed by atoms with Crippen LogP contribution in [0.25, 0.3) is 0 Å². The second-order valence-electron chi connectivity index (χ2n) is 9.79. The number of alkyl halides is 3. The van der Waals surface area contributed by atoms with Crippen LogP contribution in [0.4, 0.5) is 13.2 Å². The van der Waals surface area contributed by atoms with Crippen LogP contribution in [-0.2, 0) is 28.8 Å². The molecule has 0 aromatic heterocycles. The number of likely N-dealkylation sites (tertiary alicyclic amines) is 1. The molecule has 6 unspecified atom stereocenters. The van der Waals surface area contributed by atoms with Gasteiger partial charge in [0, 0.05) is 26.6 Å². The van der Waals surface area contributed by atoms with Crippen LogP contribution in [-0.4, -0.2) is 95.1 Å². The van der Waals surface area contributed by atoms with Crippen LogP contribution < -0.4 is 16.0 Å². The van der Waals surface area contributed by atoms with E-state index < -0.39 is 77.5 Å². The molecule has 0 saturated carbocycles. The van der Waals surface area contributed by atoms with Crippen molar-refractivity contribution in [3.63, 3.8) is 0 Å². The monoisotopic (exact) mass is 563 g/mol. The van der Waals surface area contributed by atoms with Gasteiger partial charge in [-0.05, 0) is 47.5 Å². The molecule has 0 spiro atoms. The maximum Gasteiger partial charge on any atom is 0.399 e. The first-order valence-electron chi connectivity index (χ1n) is 13.0. The summed E-state index contributed by atoms with van der Waals surface area (Å²) >= 11 is 0. The third-order valence-corrected chi connectivity index (χ3v) is 6.79. The first-order chi connectivity index (χ1) is 18.0. The van der Waals surface area contributed by atoms with Gasteiger partial charge < -0.3 is 25.8 Å². The Kier molecular flexibility index (Phi) is 12.4. The van der Waals surface area contributed by atoms with Crippen molar-refractivity contribution in [2.24, 2.45) is 11.8 Å². The lowest BCUT2D eigenvalue weighted by Gasteiger charge is -2.31. The zero-order chi connectivity index (χ0) is 30.2. The van der Waals surface area contributed by atoms with Gasteiger partial charge in [-0.1, -0.05) is 6.92 Å². The number of rotatable bonds is 12. The highest BCUT2D eigenvalue weighted by atomic mass is 19.4. The standard InChI is InChI=1S/C25H40F3N5O6/c1-8-32(9-2)23(38)13(3)19(25(26,27)28)20(35)14(4)30-22(37)18-11-10-12-33(18)24(39)16(6)31-21(36)15(5)29-17(7)34/h13-16,18-19H,8-12H2,1-7H3,(H,29,34)(H,30,37)(H,31,36). The predicted molar refractivity (Wildman–Crippen MR) is 135 cm³/mol. The molecule has 1 rings (SSSR count). The number of ketones is 1. The van der Waals surface area contributed by atoms with Crippen LogP contribution in [0.3, 0.4) is 0 Å². The lowest BCUT2D eigenvalue weighted by molar-refractivity contribution is -0.196. The molecule has 1 saturated heterocycles. The van der Waals surface area contributed by atoms with Crippen molar-refractivity contribution in [3.8, 4) is 0 Å². The third kappa shape index (κ3) is 8.92. The van der Waals surface area contributed by atoms with Crippen LogP contribution in [0.5, 0.6) is 0 Å². The average molecular weight is 564 g/mol. The number of hydrogen-bond donors (Lipinski definition) is 3. The summed E-state index contributed by atoms with van der Waals surface area (Å²) in [6.07, 6.45) is -4.38. The molecule has 0 aliphatic carbocycles. The Morgan fingerprint density at radius 1 is 0.897 bits per heavy atom. The highest BCUT2D eigenvalue weighted by molar-refractivity contribution is 5.97. The molecule has 14 heteroatoms. The SMILES string of the molecule is CCN(CC)C(=O)C(C)C(C(=O)C(C)NC(=O)C1CCCN1C(=O)C(C)NC(=O)C(C)NC(C)=O)C(F)(F)F. The second kappa shape index (κ2) is 14.3. The van der Waals surface area contributed by atoms with E-state index in [-0.39, 0.29) is 26.1 Å². The van der Waals surface area contributed by atoms with Crippen molar-refractivity contribution in [1.82, 2.24) is 25.8 Å². The van der Waals surface area contributed by atoms with E-state index in [1.54, 1.807) is 13.8 Å². The van der Waals surface area contributed by atoms with E-state index in [0.717, 1.165) is 13.8 Å². The van der Waals surface area contributed by atoms with Crippen molar-refractivity contribution < 1.29 is 41.9 Å². The Labute approximate surface area is 226 Å². The Bertz CT molecular complexity index is 940. The summed E-state index contributed by atoms with van der Waals surface area (Å²) in [5.74, 6) is -8.93. The molecule has 1 heterocycles. The molecule has 0 bridgehead atoms. The molecule has 39 heavy (non-hydrogen) atoms. The minimum Gasteiger partial charge on any atom is -0.345 e. The van der Waals surface area contributed by atoms with Crippen LogP contribution in [0.2, 0.25) is 0 Å². The van der Waals surface area contributed by atoms with E-state index in [2.05, 4.69) is 16.0 Å². The number of Topliss-reactive ketones (excluding diaryl/α,β-unsaturated/α-hetero) is 1. The van der Waals surface area contributed by atoms with E-state index in [1.807, 2.05) is 0 Å². The Hall–Kier alpha value is -3.19. The molecule has 0 radical (unpaired) electrons. The molecular weight excluding hydrogens is 523 g/mol. The van der Waals surface area contributed by atoms with Gasteiger partial charge in [0.1, 0.15) is 24.0 Å². The molecule has 1 aliphatic heterocycles. The minimum absolute atomic E-state index is 0.168. The van der Waals surface area contributed by atoms with Crippen LogP contribution in [0, 0.1) is 11.8 Å². The fourth-order valence-electron chi connectivity index (χ4n) is 4.63. The van der Waals surface area contributed by atoms with Crippen LogP contribution in [0.1, 0.15) is 61.3 Å². The van der Waals surface area contributed by atoms with E-state index >= 15 is 0 Å². The highest BCUT2D eigenvalue weighted by Gasteiger charge is 2.52. The Balaban J connectivity index is 2.96. The second-order valence-corrected chi connectivity index (χ2v) is 9.79. The zero-order valence-electron chi connectivity index (χ0n) is 23.5. The predicted octanol–water partition coefficient (Wildman–Crippen LogP) is 0.764. The molecule has 6 atom stereocenters. The maximum absolute atomic E-state index is 13.9. The van der Waals surface area contributed by atoms with E-state index in [4.69, 9.17) is 0 Å². The molecule has 222 valence electrons. The van der Waals surface area contributed by atoms with Crippen molar-refractivity contribution in [2.45, 2.75) is 91.7 Å². The minimum atomic E-state index is -5.02. The van der Waals surface area contributed by atoms with E-state index in [1.165, 1.54) is 30.6 Å². The molecule has 0 aromatic rings. The summed E-state index contributed by atoms with van der Waals surface area (Å²) in [5, 5.41) is 7.14. The number of hydrogen-bond acceptors (Lipinski definition) is 6. The van der Waals surface area contributed by atoms with Crippen molar-refractivity contribution in [1.29, 1.82) is 0 Å². The van der Waals surface area contributed by atoms with Crippen LogP contribution in [0.15, 0.2) is 0 Å². The highest BCUT2D eigenvalue weighted by Crippen LogP contribution is 2.35. The first kappa shape index (κ1) is 33.8. The molecule has 11 nitrogen and oxygen atoms in total. The van der Waals surface area contributed by atoms with Crippen molar-refractivity contribution >= 4 is 35.3 Å². The summed E-state index contributed by atoms with van der Waals surface area (Å²) in [6, 6.07) is -4.59. The van der Waals surface area contributed by atoms with Crippen LogP contribution >= 0.6 is 0 Å². The first-order valence-corrected chi connectivity index (χ1v) is 13.0. The molecule has 0 aromatic carbocycles. The Morgan fingerprint density at radius 3 is 1.95 bits per heavy atom. The molecule has 1 aliphatic rings. The number of carbonyl (C=O) groups is 6. The largest absolute Gasteiger partial charge is 0.399 e. The molecule has 5 amide bonds. The average Bonchev–Trinajstić information content (AvgIpc) is 3.32. The smallest absolute Gasteiger partial charge is 0.345 e. The number of halogens is 3. The van der Waals surface area contributed by atoms with Gasteiger partial charge in [0.2, 0.25) is 29.5 Å². The Morgan fingerprint density at radius 2 is 1.46 bits per heavy atom. The fraction of sp³-hybridized carbons (Fsp3) is 0.760. The van der Waals surface area contributed by atoms with Gasteiger partial charge in [-0.15, -0.1) is 0 Å². The number of nitrogens with one attached hydrogen (secondary N) is 3. The zero-order valence-corrected chi connectivity index (χ0v) is 23.5. The molecule has 1 fully saturated rings. The third-order valence-electron chi connectivity index (χ3n) is 6.79. The van der Waals surface area contributed by atoms with Crippen molar-refractivity contribution in [2.75, 3.05) is 19.6 Å². The number of nitrogens with zero attached hydrogens (tertiary/aromatic N) is 2. The lowest BCUT2D eigenvalue weighted by Crippen LogP contribution is -2.57. The van der Waals surface area contributed by atoms with Crippen molar-refractivity contribution in [3.05, 3.63) is 0 Å². The van der Waals surface area contributed by atoms with Gasteiger partial charge in [-0.25, -0.2) is 0 Å². The summed E-state index contributed by atoms with van der Waals surface area (Å²) in [4.78, 5) is 77.3. The summed E-state index contributed by atoms with van der Waals surface area (Å²) in [5.41, 5.74) is 0. The van der Waals surface area contributed by atoms with Gasteiger partial charge in [0.05, 0.1) is 12.0 Å². The summed E-state index contributed by atoms with van der Waals surface area (Å²) in [7, 11) is 0. The summed E-state index contributed by atoms with van der Waals surface area (Å²) in [6.45, 7) is 10.00. The van der Waals surface area contributed by atoms with Gasteiger partial charge in [-0.3, -0.25) is 28.8 Å². The molecule has 3 N–H and O–H groups in total. The number of amides is 5. The summed E-state index contributed by atoms with van der Waals surface area (Å²) < 4.78 is 41.8.